The molecule has 2 amide bonds. The Morgan fingerprint density at radius 2 is 2.04 bits per heavy atom. The average molecular weight is 329 g/mol. The number of nitrogens with zero attached hydrogens (tertiary/aromatic N) is 3. The molecule has 1 atom stereocenters. The summed E-state index contributed by atoms with van der Waals surface area (Å²) >= 11 is 1.50. The Morgan fingerprint density at radius 3 is 2.74 bits per heavy atom. The number of carbonyl (C=O) groups excluding carboxylic acids is 2. The van der Waals surface area contributed by atoms with Gasteiger partial charge in [-0.3, -0.25) is 9.59 Å². The lowest BCUT2D eigenvalue weighted by Gasteiger charge is -2.38. The van der Waals surface area contributed by atoms with E-state index in [1.165, 1.54) is 16.9 Å². The normalized spacial score (nSPS) is 18.6. The molecule has 23 heavy (non-hydrogen) atoms. The van der Waals surface area contributed by atoms with E-state index in [4.69, 9.17) is 0 Å². The molecule has 0 aliphatic carbocycles. The summed E-state index contributed by atoms with van der Waals surface area (Å²) in [5.74, 6) is -0.00236. The smallest absolute Gasteiger partial charge is 0.245 e. The maximum Gasteiger partial charge on any atom is 0.245 e. The predicted octanol–water partition coefficient (Wildman–Crippen LogP) is 1.95. The SMILES string of the molecule is C[C@@H]1C(=O)N(CCc2ccccc2)CC(=O)N1Cc1nccs1. The molecular formula is C17H19N3O2S. The van der Waals surface area contributed by atoms with E-state index in [0.29, 0.717) is 13.1 Å². The van der Waals surface area contributed by atoms with Crippen LogP contribution in [0.1, 0.15) is 17.5 Å². The molecule has 1 aliphatic rings. The van der Waals surface area contributed by atoms with Crippen molar-refractivity contribution in [1.82, 2.24) is 14.8 Å². The molecule has 3 rings (SSSR count). The molecule has 0 bridgehead atoms. The third-order valence-corrected chi connectivity index (χ3v) is 4.85. The fourth-order valence-corrected chi connectivity index (χ4v) is 3.36. The molecule has 2 aromatic rings. The van der Waals surface area contributed by atoms with E-state index in [9.17, 15) is 9.59 Å². The van der Waals surface area contributed by atoms with Gasteiger partial charge in [0.2, 0.25) is 11.8 Å². The van der Waals surface area contributed by atoms with Gasteiger partial charge >= 0.3 is 0 Å². The van der Waals surface area contributed by atoms with E-state index < -0.39 is 6.04 Å². The molecule has 0 radical (unpaired) electrons. The zero-order valence-electron chi connectivity index (χ0n) is 13.0. The van der Waals surface area contributed by atoms with Gasteiger partial charge in [0.15, 0.2) is 0 Å². The highest BCUT2D eigenvalue weighted by atomic mass is 32.1. The summed E-state index contributed by atoms with van der Waals surface area (Å²) in [5.41, 5.74) is 1.17. The summed E-state index contributed by atoms with van der Waals surface area (Å²) in [6, 6.07) is 9.57. The third-order valence-electron chi connectivity index (χ3n) is 4.09. The first kappa shape index (κ1) is 15.7. The predicted molar refractivity (Wildman–Crippen MR) is 88.9 cm³/mol. The van der Waals surface area contributed by atoms with Crippen molar-refractivity contribution < 1.29 is 9.59 Å². The molecule has 2 heterocycles. The summed E-state index contributed by atoms with van der Waals surface area (Å²) in [4.78, 5) is 32.4. The first-order valence-electron chi connectivity index (χ1n) is 7.65. The fourth-order valence-electron chi connectivity index (χ4n) is 2.75. The first-order chi connectivity index (χ1) is 11.1. The van der Waals surface area contributed by atoms with Crippen molar-refractivity contribution >= 4 is 23.2 Å². The Kier molecular flexibility index (Phi) is 4.71. The van der Waals surface area contributed by atoms with Gasteiger partial charge in [0.25, 0.3) is 0 Å². The van der Waals surface area contributed by atoms with Crippen LogP contribution in [0.4, 0.5) is 0 Å². The van der Waals surface area contributed by atoms with Crippen molar-refractivity contribution in [2.24, 2.45) is 0 Å². The molecule has 1 aromatic heterocycles. The zero-order chi connectivity index (χ0) is 16.2. The number of carbonyl (C=O) groups is 2. The lowest BCUT2D eigenvalue weighted by Crippen LogP contribution is -2.58. The Bertz CT molecular complexity index is 672. The van der Waals surface area contributed by atoms with Crippen LogP contribution in [0.25, 0.3) is 0 Å². The van der Waals surface area contributed by atoms with Crippen LogP contribution in [0.2, 0.25) is 0 Å². The Hall–Kier alpha value is -2.21. The molecule has 1 fully saturated rings. The third kappa shape index (κ3) is 3.59. The number of thiazole rings is 1. The van der Waals surface area contributed by atoms with Crippen molar-refractivity contribution in [2.45, 2.75) is 25.9 Å². The van der Waals surface area contributed by atoms with Crippen molar-refractivity contribution in [3.05, 3.63) is 52.5 Å². The molecule has 1 aromatic carbocycles. The number of piperazine rings is 1. The summed E-state index contributed by atoms with van der Waals surface area (Å²) < 4.78 is 0. The Labute approximate surface area is 139 Å². The van der Waals surface area contributed by atoms with Crippen LogP contribution in [-0.4, -0.2) is 45.7 Å². The molecule has 0 unspecified atom stereocenters. The first-order valence-corrected chi connectivity index (χ1v) is 8.53. The number of aromatic nitrogens is 1. The topological polar surface area (TPSA) is 53.5 Å². The fraction of sp³-hybridized carbons (Fsp3) is 0.353. The second-order valence-electron chi connectivity index (χ2n) is 5.62. The minimum Gasteiger partial charge on any atom is -0.331 e. The second-order valence-corrected chi connectivity index (χ2v) is 6.60. The monoisotopic (exact) mass is 329 g/mol. The quantitative estimate of drug-likeness (QED) is 0.842. The molecule has 0 N–H and O–H groups in total. The van der Waals surface area contributed by atoms with Crippen molar-refractivity contribution in [2.75, 3.05) is 13.1 Å². The van der Waals surface area contributed by atoms with Gasteiger partial charge in [-0.15, -0.1) is 11.3 Å². The van der Waals surface area contributed by atoms with Crippen LogP contribution in [0.3, 0.4) is 0 Å². The minimum atomic E-state index is -0.434. The van der Waals surface area contributed by atoms with Crippen molar-refractivity contribution in [3.8, 4) is 0 Å². The van der Waals surface area contributed by atoms with Crippen LogP contribution in [-0.2, 0) is 22.6 Å². The number of amides is 2. The molecule has 0 spiro atoms. The maximum absolute atomic E-state index is 12.5. The van der Waals surface area contributed by atoms with Gasteiger partial charge in [-0.05, 0) is 18.9 Å². The van der Waals surface area contributed by atoms with E-state index >= 15 is 0 Å². The Morgan fingerprint density at radius 1 is 1.26 bits per heavy atom. The highest BCUT2D eigenvalue weighted by Gasteiger charge is 2.36. The molecule has 5 nitrogen and oxygen atoms in total. The van der Waals surface area contributed by atoms with Gasteiger partial charge in [-0.1, -0.05) is 30.3 Å². The van der Waals surface area contributed by atoms with Gasteiger partial charge in [-0.25, -0.2) is 4.98 Å². The largest absolute Gasteiger partial charge is 0.331 e. The summed E-state index contributed by atoms with van der Waals surface area (Å²) in [7, 11) is 0. The number of benzene rings is 1. The van der Waals surface area contributed by atoms with Gasteiger partial charge in [0.05, 0.1) is 13.1 Å². The highest BCUT2D eigenvalue weighted by molar-refractivity contribution is 7.09. The number of hydrogen-bond acceptors (Lipinski definition) is 4. The van der Waals surface area contributed by atoms with E-state index in [1.54, 1.807) is 22.9 Å². The van der Waals surface area contributed by atoms with E-state index in [-0.39, 0.29) is 18.4 Å². The van der Waals surface area contributed by atoms with Gasteiger partial charge < -0.3 is 9.80 Å². The minimum absolute atomic E-state index is 0.0112. The summed E-state index contributed by atoms with van der Waals surface area (Å²) in [5, 5.41) is 2.73. The molecule has 120 valence electrons. The van der Waals surface area contributed by atoms with Gasteiger partial charge in [-0.2, -0.15) is 0 Å². The maximum atomic E-state index is 12.5. The molecular weight excluding hydrogens is 310 g/mol. The van der Waals surface area contributed by atoms with E-state index in [1.807, 2.05) is 35.7 Å². The second kappa shape index (κ2) is 6.91. The van der Waals surface area contributed by atoms with Crippen LogP contribution < -0.4 is 0 Å². The lowest BCUT2D eigenvalue weighted by atomic mass is 10.1. The average Bonchev–Trinajstić information content (AvgIpc) is 3.08. The summed E-state index contributed by atoms with van der Waals surface area (Å²) in [6.45, 7) is 2.93. The van der Waals surface area contributed by atoms with E-state index in [0.717, 1.165) is 11.4 Å². The zero-order valence-corrected chi connectivity index (χ0v) is 13.8. The molecule has 0 saturated carbocycles. The van der Waals surface area contributed by atoms with Crippen molar-refractivity contribution in [3.63, 3.8) is 0 Å². The molecule has 1 aliphatic heterocycles. The lowest BCUT2D eigenvalue weighted by molar-refractivity contribution is -0.155. The number of rotatable bonds is 5. The number of hydrogen-bond donors (Lipinski definition) is 0. The van der Waals surface area contributed by atoms with Gasteiger partial charge in [0.1, 0.15) is 11.0 Å². The van der Waals surface area contributed by atoms with Crippen LogP contribution in [0.5, 0.6) is 0 Å². The Balaban J connectivity index is 1.63. The standard InChI is InChI=1S/C17H19N3O2S/c1-13-17(22)19(9-7-14-5-3-2-4-6-14)12-16(21)20(13)11-15-18-8-10-23-15/h2-6,8,10,13H,7,9,11-12H2,1H3/t13-/m1/s1. The van der Waals surface area contributed by atoms with Crippen LogP contribution >= 0.6 is 11.3 Å². The van der Waals surface area contributed by atoms with Crippen LogP contribution in [0, 0.1) is 0 Å². The molecule has 1 saturated heterocycles. The summed E-state index contributed by atoms with van der Waals surface area (Å²) in [6.07, 6.45) is 2.48. The van der Waals surface area contributed by atoms with E-state index in [2.05, 4.69) is 4.98 Å². The molecule has 6 heteroatoms. The van der Waals surface area contributed by atoms with Crippen molar-refractivity contribution in [1.29, 1.82) is 0 Å². The highest BCUT2D eigenvalue weighted by Crippen LogP contribution is 2.17. The van der Waals surface area contributed by atoms with Gasteiger partial charge in [0, 0.05) is 18.1 Å². The van der Waals surface area contributed by atoms with Crippen LogP contribution in [0.15, 0.2) is 41.9 Å².